The molecule has 1 N–H and O–H groups in total. The molecule has 4 nitrogen and oxygen atoms in total. The maximum atomic E-state index is 12.5. The third-order valence-corrected chi connectivity index (χ3v) is 2.45. The summed E-state index contributed by atoms with van der Waals surface area (Å²) in [5.41, 5.74) is -0.899. The lowest BCUT2D eigenvalue weighted by molar-refractivity contribution is -0.141. The summed E-state index contributed by atoms with van der Waals surface area (Å²) in [4.78, 5) is 3.55. The number of anilines is 1. The van der Waals surface area contributed by atoms with E-state index in [1.54, 1.807) is 23.1 Å². The molecule has 0 aliphatic heterocycles. The predicted molar refractivity (Wildman–Crippen MR) is 64.6 cm³/mol. The van der Waals surface area contributed by atoms with E-state index in [0.29, 0.717) is 6.54 Å². The largest absolute Gasteiger partial charge is 0.433 e. The first-order valence-electron chi connectivity index (χ1n) is 5.73. The summed E-state index contributed by atoms with van der Waals surface area (Å²) < 4.78 is 39.2. The van der Waals surface area contributed by atoms with E-state index in [-0.39, 0.29) is 11.9 Å². The third-order valence-electron chi connectivity index (χ3n) is 2.45. The van der Waals surface area contributed by atoms with Crippen LogP contribution >= 0.6 is 0 Å². The van der Waals surface area contributed by atoms with Crippen LogP contribution in [-0.2, 0) is 12.7 Å². The molecule has 2 aromatic heterocycles. The highest BCUT2D eigenvalue weighted by Gasteiger charge is 2.32. The van der Waals surface area contributed by atoms with E-state index in [1.165, 1.54) is 12.1 Å². The van der Waals surface area contributed by atoms with E-state index in [1.807, 2.05) is 6.92 Å². The number of hydrogen-bond acceptors (Lipinski definition) is 3. The molecule has 0 radical (unpaired) electrons. The van der Waals surface area contributed by atoms with Crippen LogP contribution in [0.3, 0.4) is 0 Å². The Hall–Kier alpha value is -2.05. The zero-order valence-corrected chi connectivity index (χ0v) is 10.2. The Morgan fingerprint density at radius 3 is 2.74 bits per heavy atom. The molecule has 1 unspecified atom stereocenters. The van der Waals surface area contributed by atoms with Gasteiger partial charge in [0.2, 0.25) is 0 Å². The fraction of sp³-hybridized carbons (Fsp3) is 0.333. The summed E-state index contributed by atoms with van der Waals surface area (Å²) in [5.74, 6) is 0.203. The standard InChI is InChI=1S/C12H13F3N4/c1-9(8-19-7-3-6-16-19)17-11-5-2-4-10(18-11)12(13,14)15/h2-7,9H,8H2,1H3,(H,17,18). The summed E-state index contributed by atoms with van der Waals surface area (Å²) in [5, 5.41) is 6.95. The molecular formula is C12H13F3N4. The van der Waals surface area contributed by atoms with Gasteiger partial charge in [0.05, 0.1) is 6.54 Å². The van der Waals surface area contributed by atoms with Gasteiger partial charge in [-0.2, -0.15) is 18.3 Å². The van der Waals surface area contributed by atoms with Crippen LogP contribution in [0.1, 0.15) is 12.6 Å². The van der Waals surface area contributed by atoms with Gasteiger partial charge in [0.1, 0.15) is 11.5 Å². The van der Waals surface area contributed by atoms with Crippen LogP contribution in [0.25, 0.3) is 0 Å². The highest BCUT2D eigenvalue weighted by Crippen LogP contribution is 2.28. The molecule has 0 aliphatic rings. The molecule has 0 amide bonds. The summed E-state index contributed by atoms with van der Waals surface area (Å²) in [6.45, 7) is 2.40. The number of rotatable bonds is 4. The smallest absolute Gasteiger partial charge is 0.366 e. The molecule has 0 aromatic carbocycles. The second kappa shape index (κ2) is 5.29. The van der Waals surface area contributed by atoms with Crippen LogP contribution < -0.4 is 5.32 Å². The molecule has 0 saturated carbocycles. The van der Waals surface area contributed by atoms with Crippen molar-refractivity contribution in [3.8, 4) is 0 Å². The van der Waals surface area contributed by atoms with Gasteiger partial charge in [0.15, 0.2) is 0 Å². The second-order valence-electron chi connectivity index (χ2n) is 4.18. The molecule has 0 spiro atoms. The number of pyridine rings is 1. The molecular weight excluding hydrogens is 257 g/mol. The Labute approximate surface area is 108 Å². The van der Waals surface area contributed by atoms with Crippen LogP contribution in [0, 0.1) is 0 Å². The van der Waals surface area contributed by atoms with E-state index >= 15 is 0 Å². The summed E-state index contributed by atoms with van der Waals surface area (Å²) in [7, 11) is 0. The average Bonchev–Trinajstić information content (AvgIpc) is 2.80. The highest BCUT2D eigenvalue weighted by molar-refractivity contribution is 5.36. The van der Waals surface area contributed by atoms with Crippen LogP contribution in [-0.4, -0.2) is 20.8 Å². The summed E-state index contributed by atoms with van der Waals surface area (Å²) in [6.07, 6.45) is -0.990. The molecule has 2 rings (SSSR count). The van der Waals surface area contributed by atoms with Crippen molar-refractivity contribution in [1.82, 2.24) is 14.8 Å². The first kappa shape index (κ1) is 13.4. The Bertz CT molecular complexity index is 522. The van der Waals surface area contributed by atoms with Crippen molar-refractivity contribution < 1.29 is 13.2 Å². The second-order valence-corrected chi connectivity index (χ2v) is 4.18. The van der Waals surface area contributed by atoms with Gasteiger partial charge < -0.3 is 5.32 Å². The normalized spacial score (nSPS) is 13.3. The van der Waals surface area contributed by atoms with Crippen molar-refractivity contribution in [2.24, 2.45) is 0 Å². The monoisotopic (exact) mass is 270 g/mol. The summed E-state index contributed by atoms with van der Waals surface area (Å²) >= 11 is 0. The molecule has 7 heteroatoms. The van der Waals surface area contributed by atoms with Gasteiger partial charge in [-0.05, 0) is 25.1 Å². The minimum Gasteiger partial charge on any atom is -0.366 e. The van der Waals surface area contributed by atoms with Crippen LogP contribution in [0.4, 0.5) is 19.0 Å². The maximum Gasteiger partial charge on any atom is 0.433 e. The fourth-order valence-corrected chi connectivity index (χ4v) is 1.66. The van der Waals surface area contributed by atoms with Crippen LogP contribution in [0.15, 0.2) is 36.7 Å². The lowest BCUT2D eigenvalue weighted by atomic mass is 10.3. The minimum atomic E-state index is -4.43. The van der Waals surface area contributed by atoms with Crippen LogP contribution in [0.5, 0.6) is 0 Å². The Morgan fingerprint density at radius 1 is 1.32 bits per heavy atom. The van der Waals surface area contributed by atoms with Crippen molar-refractivity contribution in [2.75, 3.05) is 5.32 Å². The third kappa shape index (κ3) is 3.70. The van der Waals surface area contributed by atoms with E-state index < -0.39 is 11.9 Å². The Morgan fingerprint density at radius 2 is 2.11 bits per heavy atom. The Kier molecular flexibility index (Phi) is 3.73. The molecule has 19 heavy (non-hydrogen) atoms. The molecule has 2 aromatic rings. The molecule has 0 saturated heterocycles. The minimum absolute atomic E-state index is 0.0871. The van der Waals surface area contributed by atoms with Crippen LogP contribution in [0.2, 0.25) is 0 Å². The SMILES string of the molecule is CC(Cn1cccn1)Nc1cccc(C(F)(F)F)n1. The topological polar surface area (TPSA) is 42.7 Å². The number of nitrogens with zero attached hydrogens (tertiary/aromatic N) is 3. The van der Waals surface area contributed by atoms with E-state index in [9.17, 15) is 13.2 Å². The zero-order chi connectivity index (χ0) is 13.9. The van der Waals surface area contributed by atoms with Crippen molar-refractivity contribution >= 4 is 5.82 Å². The maximum absolute atomic E-state index is 12.5. The van der Waals surface area contributed by atoms with Gasteiger partial charge in [-0.3, -0.25) is 4.68 Å². The van der Waals surface area contributed by atoms with Gasteiger partial charge >= 0.3 is 6.18 Å². The molecule has 0 fully saturated rings. The quantitative estimate of drug-likeness (QED) is 0.929. The average molecular weight is 270 g/mol. The lowest BCUT2D eigenvalue weighted by Gasteiger charge is -2.15. The lowest BCUT2D eigenvalue weighted by Crippen LogP contribution is -2.23. The number of halogens is 3. The van der Waals surface area contributed by atoms with E-state index in [4.69, 9.17) is 0 Å². The molecule has 0 bridgehead atoms. The number of aromatic nitrogens is 3. The van der Waals surface area contributed by atoms with Crippen molar-refractivity contribution in [2.45, 2.75) is 25.7 Å². The van der Waals surface area contributed by atoms with E-state index in [2.05, 4.69) is 15.4 Å². The molecule has 102 valence electrons. The molecule has 1 atom stereocenters. The first-order chi connectivity index (χ1) is 8.95. The van der Waals surface area contributed by atoms with E-state index in [0.717, 1.165) is 6.07 Å². The highest BCUT2D eigenvalue weighted by atomic mass is 19.4. The summed E-state index contributed by atoms with van der Waals surface area (Å²) in [6, 6.07) is 5.49. The molecule has 0 aliphatic carbocycles. The molecule has 2 heterocycles. The Balaban J connectivity index is 2.03. The van der Waals surface area contributed by atoms with Gasteiger partial charge in [-0.1, -0.05) is 6.07 Å². The van der Waals surface area contributed by atoms with Crippen molar-refractivity contribution in [3.05, 3.63) is 42.4 Å². The number of alkyl halides is 3. The number of nitrogens with one attached hydrogen (secondary N) is 1. The van der Waals surface area contributed by atoms with Crippen molar-refractivity contribution in [3.63, 3.8) is 0 Å². The van der Waals surface area contributed by atoms with Gasteiger partial charge in [0.25, 0.3) is 0 Å². The fourth-order valence-electron chi connectivity index (χ4n) is 1.66. The van der Waals surface area contributed by atoms with Gasteiger partial charge in [0, 0.05) is 18.4 Å². The number of hydrogen-bond donors (Lipinski definition) is 1. The first-order valence-corrected chi connectivity index (χ1v) is 5.73. The predicted octanol–water partition coefficient (Wildman–Crippen LogP) is 2.80. The van der Waals surface area contributed by atoms with Gasteiger partial charge in [-0.15, -0.1) is 0 Å². The van der Waals surface area contributed by atoms with Gasteiger partial charge in [-0.25, -0.2) is 4.98 Å². The van der Waals surface area contributed by atoms with Crippen molar-refractivity contribution in [1.29, 1.82) is 0 Å². The zero-order valence-electron chi connectivity index (χ0n) is 10.2.